The standard InChI is InChI=1S/C24H19Cl2N3O2/c25-18-9-5-17(6-10-18)15-29-22-4-2-1-3-20(22)21(24(29)26)14-27-28-19-11-7-16(8-12-19)13-23(30)31/h1-12,14,28H,13,15H2,(H,30,31)/b27-14+. The first-order chi connectivity index (χ1) is 15.0. The number of nitrogens with zero attached hydrogens (tertiary/aromatic N) is 2. The largest absolute Gasteiger partial charge is 0.481 e. The number of aromatic nitrogens is 1. The lowest BCUT2D eigenvalue weighted by atomic mass is 10.1. The molecule has 31 heavy (non-hydrogen) atoms. The van der Waals surface area contributed by atoms with Gasteiger partial charge in [0.25, 0.3) is 0 Å². The van der Waals surface area contributed by atoms with E-state index < -0.39 is 5.97 Å². The molecule has 156 valence electrons. The summed E-state index contributed by atoms with van der Waals surface area (Å²) in [5.41, 5.74) is 7.39. The molecule has 3 aromatic carbocycles. The summed E-state index contributed by atoms with van der Waals surface area (Å²) in [5, 5.41) is 15.5. The van der Waals surface area contributed by atoms with Gasteiger partial charge in [-0.05, 0) is 41.5 Å². The lowest BCUT2D eigenvalue weighted by Crippen LogP contribution is -2.00. The Labute approximate surface area is 189 Å². The van der Waals surface area contributed by atoms with Crippen LogP contribution in [0.4, 0.5) is 5.69 Å². The Balaban J connectivity index is 1.58. The van der Waals surface area contributed by atoms with Crippen molar-refractivity contribution in [2.24, 2.45) is 5.10 Å². The minimum atomic E-state index is -0.858. The van der Waals surface area contributed by atoms with Gasteiger partial charge >= 0.3 is 5.97 Å². The normalized spacial score (nSPS) is 11.3. The Hall–Kier alpha value is -3.28. The van der Waals surface area contributed by atoms with Gasteiger partial charge in [-0.2, -0.15) is 5.10 Å². The van der Waals surface area contributed by atoms with Crippen LogP contribution in [0.5, 0.6) is 0 Å². The number of carboxylic acid groups (broad SMARTS) is 1. The number of nitrogens with one attached hydrogen (secondary N) is 1. The second-order valence-electron chi connectivity index (χ2n) is 7.07. The fraction of sp³-hybridized carbons (Fsp3) is 0.0833. The quantitative estimate of drug-likeness (QED) is 0.264. The van der Waals surface area contributed by atoms with E-state index in [0.29, 0.717) is 16.7 Å². The van der Waals surface area contributed by atoms with E-state index in [1.54, 1.807) is 30.5 Å². The number of benzene rings is 3. The minimum absolute atomic E-state index is 0.00766. The van der Waals surface area contributed by atoms with Gasteiger partial charge < -0.3 is 9.67 Å². The molecular weight excluding hydrogens is 433 g/mol. The zero-order valence-corrected chi connectivity index (χ0v) is 17.9. The number of hydrogen-bond donors (Lipinski definition) is 2. The minimum Gasteiger partial charge on any atom is -0.481 e. The average molecular weight is 452 g/mol. The molecule has 0 fully saturated rings. The third-order valence-electron chi connectivity index (χ3n) is 4.89. The number of halogens is 2. The van der Waals surface area contributed by atoms with Gasteiger partial charge in [-0.15, -0.1) is 0 Å². The van der Waals surface area contributed by atoms with E-state index in [1.807, 2.05) is 53.1 Å². The van der Waals surface area contributed by atoms with Crippen LogP contribution in [0.3, 0.4) is 0 Å². The highest BCUT2D eigenvalue weighted by molar-refractivity contribution is 6.34. The van der Waals surface area contributed by atoms with Gasteiger partial charge in [-0.3, -0.25) is 10.2 Å². The molecule has 4 aromatic rings. The zero-order valence-electron chi connectivity index (χ0n) is 16.4. The summed E-state index contributed by atoms with van der Waals surface area (Å²) in [5.74, 6) is -0.858. The Kier molecular flexibility index (Phi) is 6.26. The highest BCUT2D eigenvalue weighted by Gasteiger charge is 2.14. The summed E-state index contributed by atoms with van der Waals surface area (Å²) in [6.07, 6.45) is 1.69. The number of fused-ring (bicyclic) bond motifs is 1. The second-order valence-corrected chi connectivity index (χ2v) is 7.87. The van der Waals surface area contributed by atoms with E-state index in [2.05, 4.69) is 10.5 Å². The fourth-order valence-corrected chi connectivity index (χ4v) is 3.82. The van der Waals surface area contributed by atoms with Crippen LogP contribution in [-0.4, -0.2) is 21.9 Å². The molecule has 0 bridgehead atoms. The number of hydrazone groups is 1. The van der Waals surface area contributed by atoms with Crippen molar-refractivity contribution in [2.75, 3.05) is 5.43 Å². The average Bonchev–Trinajstić information content (AvgIpc) is 3.02. The highest BCUT2D eigenvalue weighted by atomic mass is 35.5. The Bertz CT molecular complexity index is 1250. The maximum absolute atomic E-state index is 10.8. The third-order valence-corrected chi connectivity index (χ3v) is 5.55. The molecule has 0 aliphatic carbocycles. The number of aliphatic carboxylic acids is 1. The molecule has 1 heterocycles. The summed E-state index contributed by atoms with van der Waals surface area (Å²) in [6.45, 7) is 0.614. The van der Waals surface area contributed by atoms with E-state index in [1.165, 1.54) is 0 Å². The molecule has 0 radical (unpaired) electrons. The number of carbonyl (C=O) groups is 1. The number of rotatable bonds is 7. The topological polar surface area (TPSA) is 66.6 Å². The van der Waals surface area contributed by atoms with Gasteiger partial charge in [0.1, 0.15) is 5.15 Å². The molecule has 5 nitrogen and oxygen atoms in total. The molecule has 0 aliphatic rings. The van der Waals surface area contributed by atoms with Crippen molar-refractivity contribution >= 4 is 52.0 Å². The molecule has 0 saturated carbocycles. The molecule has 2 N–H and O–H groups in total. The molecule has 0 spiro atoms. The SMILES string of the molecule is O=C(O)Cc1ccc(N/N=C/c2c(Cl)n(Cc3ccc(Cl)cc3)c3ccccc23)cc1. The fourth-order valence-electron chi connectivity index (χ4n) is 3.39. The van der Waals surface area contributed by atoms with Crippen LogP contribution in [0, 0.1) is 0 Å². The molecule has 1 aromatic heterocycles. The first-order valence-electron chi connectivity index (χ1n) is 9.62. The maximum Gasteiger partial charge on any atom is 0.307 e. The predicted octanol–water partition coefficient (Wildman–Crippen LogP) is 6.07. The Morgan fingerprint density at radius 2 is 1.65 bits per heavy atom. The summed E-state index contributed by atoms with van der Waals surface area (Å²) >= 11 is 12.7. The molecule has 0 aliphatic heterocycles. The number of carboxylic acids is 1. The number of anilines is 1. The van der Waals surface area contributed by atoms with Crippen LogP contribution in [0.25, 0.3) is 10.9 Å². The predicted molar refractivity (Wildman–Crippen MR) is 127 cm³/mol. The van der Waals surface area contributed by atoms with E-state index in [9.17, 15) is 4.79 Å². The lowest BCUT2D eigenvalue weighted by Gasteiger charge is -2.07. The van der Waals surface area contributed by atoms with Crippen molar-refractivity contribution in [3.8, 4) is 0 Å². The molecule has 4 rings (SSSR count). The number of hydrogen-bond acceptors (Lipinski definition) is 3. The van der Waals surface area contributed by atoms with Crippen molar-refractivity contribution in [2.45, 2.75) is 13.0 Å². The van der Waals surface area contributed by atoms with E-state index in [-0.39, 0.29) is 6.42 Å². The summed E-state index contributed by atoms with van der Waals surface area (Å²) in [7, 11) is 0. The first kappa shape index (κ1) is 21.0. The van der Waals surface area contributed by atoms with Crippen LogP contribution in [-0.2, 0) is 17.8 Å². The molecule has 0 amide bonds. The molecule has 0 atom stereocenters. The summed E-state index contributed by atoms with van der Waals surface area (Å²) in [6, 6.07) is 22.8. The van der Waals surface area contributed by atoms with Crippen LogP contribution < -0.4 is 5.43 Å². The van der Waals surface area contributed by atoms with Crippen molar-refractivity contribution in [1.29, 1.82) is 0 Å². The Morgan fingerprint density at radius 1 is 0.968 bits per heavy atom. The molecule has 7 heteroatoms. The zero-order chi connectivity index (χ0) is 21.8. The van der Waals surface area contributed by atoms with Gasteiger partial charge in [-0.1, -0.05) is 65.7 Å². The van der Waals surface area contributed by atoms with Gasteiger partial charge in [-0.25, -0.2) is 0 Å². The van der Waals surface area contributed by atoms with Gasteiger partial charge in [0.15, 0.2) is 0 Å². The first-order valence-corrected chi connectivity index (χ1v) is 10.4. The summed E-state index contributed by atoms with van der Waals surface area (Å²) in [4.78, 5) is 10.8. The third kappa shape index (κ3) is 4.90. The van der Waals surface area contributed by atoms with Gasteiger partial charge in [0.05, 0.1) is 23.8 Å². The van der Waals surface area contributed by atoms with E-state index in [4.69, 9.17) is 28.3 Å². The molecule has 0 unspecified atom stereocenters. The second kappa shape index (κ2) is 9.25. The smallest absolute Gasteiger partial charge is 0.307 e. The number of para-hydroxylation sites is 1. The van der Waals surface area contributed by atoms with Crippen molar-refractivity contribution in [3.05, 3.63) is 99.7 Å². The lowest BCUT2D eigenvalue weighted by molar-refractivity contribution is -0.136. The van der Waals surface area contributed by atoms with Crippen LogP contribution >= 0.6 is 23.2 Å². The van der Waals surface area contributed by atoms with Crippen LogP contribution in [0.15, 0.2) is 77.9 Å². The van der Waals surface area contributed by atoms with Crippen LogP contribution in [0.2, 0.25) is 10.2 Å². The van der Waals surface area contributed by atoms with Crippen LogP contribution in [0.1, 0.15) is 16.7 Å². The van der Waals surface area contributed by atoms with Crippen molar-refractivity contribution < 1.29 is 9.90 Å². The van der Waals surface area contributed by atoms with E-state index in [0.717, 1.165) is 33.3 Å². The Morgan fingerprint density at radius 3 is 2.35 bits per heavy atom. The molecular formula is C24H19Cl2N3O2. The van der Waals surface area contributed by atoms with Gasteiger partial charge in [0, 0.05) is 22.5 Å². The highest BCUT2D eigenvalue weighted by Crippen LogP contribution is 2.30. The van der Waals surface area contributed by atoms with Gasteiger partial charge in [0.2, 0.25) is 0 Å². The summed E-state index contributed by atoms with van der Waals surface area (Å²) < 4.78 is 2.04. The van der Waals surface area contributed by atoms with Crippen molar-refractivity contribution in [3.63, 3.8) is 0 Å². The molecule has 0 saturated heterocycles. The monoisotopic (exact) mass is 451 g/mol. The van der Waals surface area contributed by atoms with E-state index >= 15 is 0 Å². The maximum atomic E-state index is 10.8. The van der Waals surface area contributed by atoms with Crippen molar-refractivity contribution in [1.82, 2.24) is 4.57 Å².